The van der Waals surface area contributed by atoms with Gasteiger partial charge in [0.25, 0.3) is 11.8 Å². The molecule has 0 spiro atoms. The number of imide groups is 1. The summed E-state index contributed by atoms with van der Waals surface area (Å²) in [6.07, 6.45) is 3.50. The predicted molar refractivity (Wildman–Crippen MR) is 73.3 cm³/mol. The molecule has 19 heavy (non-hydrogen) atoms. The zero-order valence-corrected chi connectivity index (χ0v) is 11.2. The summed E-state index contributed by atoms with van der Waals surface area (Å²) in [6, 6.07) is 5.83. The van der Waals surface area contributed by atoms with Gasteiger partial charge in [-0.25, -0.2) is 0 Å². The van der Waals surface area contributed by atoms with Gasteiger partial charge >= 0.3 is 0 Å². The molecule has 0 aromatic heterocycles. The Kier molecular flexibility index (Phi) is 2.62. The third-order valence-electron chi connectivity index (χ3n) is 4.08. The topological polar surface area (TPSA) is 58.2 Å². The van der Waals surface area contributed by atoms with Crippen LogP contribution in [-0.4, -0.2) is 17.9 Å². The third-order valence-corrected chi connectivity index (χ3v) is 4.08. The van der Waals surface area contributed by atoms with E-state index in [1.165, 1.54) is 6.42 Å². The largest absolute Gasteiger partial charge is 0.382 e. The van der Waals surface area contributed by atoms with Crippen molar-refractivity contribution in [3.8, 4) is 0 Å². The Balaban J connectivity index is 1.79. The fourth-order valence-corrected chi connectivity index (χ4v) is 3.05. The minimum atomic E-state index is -0.298. The van der Waals surface area contributed by atoms with E-state index in [0.29, 0.717) is 22.6 Å². The van der Waals surface area contributed by atoms with E-state index in [2.05, 4.69) is 24.5 Å². The van der Waals surface area contributed by atoms with Gasteiger partial charge in [0.1, 0.15) is 0 Å². The van der Waals surface area contributed by atoms with Crippen LogP contribution < -0.4 is 10.6 Å². The summed E-state index contributed by atoms with van der Waals surface area (Å²) in [5.41, 5.74) is 2.27. The highest BCUT2D eigenvalue weighted by molar-refractivity contribution is 6.21. The molecule has 0 bridgehead atoms. The lowest BCUT2D eigenvalue weighted by Gasteiger charge is -2.18. The van der Waals surface area contributed by atoms with Gasteiger partial charge in [0.15, 0.2) is 0 Å². The molecule has 0 saturated heterocycles. The van der Waals surface area contributed by atoms with Crippen molar-refractivity contribution in [3.05, 3.63) is 29.3 Å². The molecule has 2 amide bonds. The van der Waals surface area contributed by atoms with Gasteiger partial charge in [0.2, 0.25) is 0 Å². The Hall–Kier alpha value is -1.84. The van der Waals surface area contributed by atoms with E-state index in [1.807, 2.05) is 6.07 Å². The van der Waals surface area contributed by atoms with Crippen molar-refractivity contribution in [2.24, 2.45) is 5.41 Å². The second-order valence-corrected chi connectivity index (χ2v) is 6.29. The Morgan fingerprint density at radius 3 is 2.63 bits per heavy atom. The number of fused-ring (bicyclic) bond motifs is 1. The average Bonchev–Trinajstić information content (AvgIpc) is 2.81. The molecule has 1 aromatic rings. The van der Waals surface area contributed by atoms with Crippen molar-refractivity contribution in [1.29, 1.82) is 0 Å². The number of amides is 2. The molecule has 0 radical (unpaired) electrons. The highest BCUT2D eigenvalue weighted by Crippen LogP contribution is 2.38. The van der Waals surface area contributed by atoms with Gasteiger partial charge in [-0.05, 0) is 42.9 Å². The van der Waals surface area contributed by atoms with Gasteiger partial charge in [-0.3, -0.25) is 14.9 Å². The van der Waals surface area contributed by atoms with Crippen molar-refractivity contribution in [1.82, 2.24) is 5.32 Å². The zero-order chi connectivity index (χ0) is 13.6. The van der Waals surface area contributed by atoms with Crippen LogP contribution >= 0.6 is 0 Å². The molecular weight excluding hydrogens is 240 g/mol. The molecule has 1 aromatic carbocycles. The summed E-state index contributed by atoms with van der Waals surface area (Å²) >= 11 is 0. The van der Waals surface area contributed by atoms with Crippen LogP contribution in [0.1, 0.15) is 53.8 Å². The molecular formula is C15H18N2O2. The van der Waals surface area contributed by atoms with Gasteiger partial charge < -0.3 is 5.32 Å². The van der Waals surface area contributed by atoms with Crippen LogP contribution in [-0.2, 0) is 0 Å². The van der Waals surface area contributed by atoms with E-state index < -0.39 is 0 Å². The first-order valence-corrected chi connectivity index (χ1v) is 6.71. The van der Waals surface area contributed by atoms with Crippen LogP contribution in [0.2, 0.25) is 0 Å². The Morgan fingerprint density at radius 1 is 1.21 bits per heavy atom. The SMILES string of the molecule is CC1(C)CCC(Nc2ccc3c(c2)C(=O)NC3=O)C1. The number of rotatable bonds is 2. The fraction of sp³-hybridized carbons (Fsp3) is 0.467. The first kappa shape index (κ1) is 12.2. The smallest absolute Gasteiger partial charge is 0.259 e. The van der Waals surface area contributed by atoms with Crippen LogP contribution in [0.3, 0.4) is 0 Å². The molecule has 4 nitrogen and oxygen atoms in total. The van der Waals surface area contributed by atoms with Crippen LogP contribution in [0.15, 0.2) is 18.2 Å². The quantitative estimate of drug-likeness (QED) is 0.801. The fourth-order valence-electron chi connectivity index (χ4n) is 3.05. The molecule has 1 aliphatic heterocycles. The van der Waals surface area contributed by atoms with Gasteiger partial charge in [0, 0.05) is 11.7 Å². The summed E-state index contributed by atoms with van der Waals surface area (Å²) in [4.78, 5) is 23.1. The number of carbonyl (C=O) groups excluding carboxylic acids is 2. The summed E-state index contributed by atoms with van der Waals surface area (Å²) in [5, 5.41) is 5.78. The lowest BCUT2D eigenvalue weighted by atomic mass is 9.92. The maximum atomic E-state index is 11.6. The molecule has 3 rings (SSSR count). The zero-order valence-electron chi connectivity index (χ0n) is 11.2. The van der Waals surface area contributed by atoms with Crippen molar-refractivity contribution in [2.75, 3.05) is 5.32 Å². The van der Waals surface area contributed by atoms with E-state index in [9.17, 15) is 9.59 Å². The lowest BCUT2D eigenvalue weighted by Crippen LogP contribution is -2.20. The number of carbonyl (C=O) groups is 2. The standard InChI is InChI=1S/C15H18N2O2/c1-15(2)6-5-10(8-15)16-9-3-4-11-12(7-9)14(19)17-13(11)18/h3-4,7,10,16H,5-6,8H2,1-2H3,(H,17,18,19). The molecule has 100 valence electrons. The van der Waals surface area contributed by atoms with Crippen molar-refractivity contribution >= 4 is 17.5 Å². The highest BCUT2D eigenvalue weighted by atomic mass is 16.2. The molecule has 1 atom stereocenters. The highest BCUT2D eigenvalue weighted by Gasteiger charge is 2.31. The molecule has 1 heterocycles. The predicted octanol–water partition coefficient (Wildman–Crippen LogP) is 2.56. The Morgan fingerprint density at radius 2 is 1.95 bits per heavy atom. The minimum Gasteiger partial charge on any atom is -0.382 e. The van der Waals surface area contributed by atoms with Gasteiger partial charge in [0.05, 0.1) is 11.1 Å². The maximum Gasteiger partial charge on any atom is 0.259 e. The summed E-state index contributed by atoms with van der Waals surface area (Å²) in [5.74, 6) is -0.594. The van der Waals surface area contributed by atoms with E-state index >= 15 is 0 Å². The van der Waals surface area contributed by atoms with Gasteiger partial charge in [-0.2, -0.15) is 0 Å². The monoisotopic (exact) mass is 258 g/mol. The van der Waals surface area contributed by atoms with E-state index in [4.69, 9.17) is 0 Å². The molecule has 1 aliphatic carbocycles. The van der Waals surface area contributed by atoms with Crippen LogP contribution in [0.5, 0.6) is 0 Å². The first-order valence-electron chi connectivity index (χ1n) is 6.71. The van der Waals surface area contributed by atoms with Crippen molar-refractivity contribution in [3.63, 3.8) is 0 Å². The van der Waals surface area contributed by atoms with E-state index in [0.717, 1.165) is 18.5 Å². The first-order chi connectivity index (χ1) is 8.94. The normalized spacial score (nSPS) is 24.2. The number of nitrogens with one attached hydrogen (secondary N) is 2. The molecule has 2 aliphatic rings. The third kappa shape index (κ3) is 2.23. The number of anilines is 1. The van der Waals surface area contributed by atoms with E-state index in [-0.39, 0.29) is 11.8 Å². The number of hydrogen-bond acceptors (Lipinski definition) is 3. The Labute approximate surface area is 112 Å². The summed E-state index contributed by atoms with van der Waals surface area (Å²) in [7, 11) is 0. The number of hydrogen-bond donors (Lipinski definition) is 2. The molecule has 1 fully saturated rings. The molecule has 1 saturated carbocycles. The van der Waals surface area contributed by atoms with Crippen molar-refractivity contribution in [2.45, 2.75) is 39.2 Å². The van der Waals surface area contributed by atoms with Crippen LogP contribution in [0, 0.1) is 5.41 Å². The maximum absolute atomic E-state index is 11.6. The average molecular weight is 258 g/mol. The molecule has 2 N–H and O–H groups in total. The summed E-state index contributed by atoms with van der Waals surface area (Å²) in [6.45, 7) is 4.56. The molecule has 4 heteroatoms. The van der Waals surface area contributed by atoms with Crippen LogP contribution in [0.25, 0.3) is 0 Å². The summed E-state index contributed by atoms with van der Waals surface area (Å²) < 4.78 is 0. The van der Waals surface area contributed by atoms with E-state index in [1.54, 1.807) is 12.1 Å². The van der Waals surface area contributed by atoms with Gasteiger partial charge in [-0.1, -0.05) is 13.8 Å². The molecule has 1 unspecified atom stereocenters. The van der Waals surface area contributed by atoms with Gasteiger partial charge in [-0.15, -0.1) is 0 Å². The van der Waals surface area contributed by atoms with Crippen molar-refractivity contribution < 1.29 is 9.59 Å². The second-order valence-electron chi connectivity index (χ2n) is 6.29. The number of benzene rings is 1. The minimum absolute atomic E-state index is 0.296. The Bertz CT molecular complexity index is 563. The lowest BCUT2D eigenvalue weighted by molar-refractivity contribution is 0.0879. The second kappa shape index (κ2) is 4.08. The van der Waals surface area contributed by atoms with Crippen LogP contribution in [0.4, 0.5) is 5.69 Å².